The molecule has 0 aromatic heterocycles. The molecule has 0 fully saturated rings. The number of hydroxylamine groups is 1. The van der Waals surface area contributed by atoms with Gasteiger partial charge in [-0.2, -0.15) is 0 Å². The first-order chi connectivity index (χ1) is 12.7. The maximum absolute atomic E-state index is 13.9. The Morgan fingerprint density at radius 1 is 1.07 bits per heavy atom. The van der Waals surface area contributed by atoms with Crippen LogP contribution in [0.2, 0.25) is 0 Å². The molecule has 0 aliphatic rings. The number of carbonyl (C=O) groups excluding carboxylic acids is 1. The van der Waals surface area contributed by atoms with Gasteiger partial charge in [0.15, 0.2) is 23.3 Å². The van der Waals surface area contributed by atoms with E-state index in [9.17, 15) is 22.4 Å². The molecule has 0 aliphatic carbocycles. The van der Waals surface area contributed by atoms with Crippen molar-refractivity contribution >= 4 is 17.9 Å². The number of hydrogen-bond acceptors (Lipinski definition) is 4. The van der Waals surface area contributed by atoms with E-state index in [0.29, 0.717) is 18.2 Å². The zero-order valence-electron chi connectivity index (χ0n) is 14.6. The Kier molecular flexibility index (Phi) is 7.23. The van der Waals surface area contributed by atoms with Crippen molar-refractivity contribution in [2.75, 3.05) is 0 Å². The molecular formula is C18H18F4N2O2S. The Hall–Kier alpha value is -2.10. The third-order valence-corrected chi connectivity index (χ3v) is 4.99. The minimum absolute atomic E-state index is 0.0127. The normalized spacial score (nSPS) is 11.3. The summed E-state index contributed by atoms with van der Waals surface area (Å²) in [4.78, 5) is 10.8. The van der Waals surface area contributed by atoms with Crippen LogP contribution in [0.15, 0.2) is 35.2 Å². The van der Waals surface area contributed by atoms with E-state index >= 15 is 0 Å². The SMILES string of the molecule is CC(C)N(Cc1ccc(CC(=O)NO)cc1)Sc1cc(F)c(F)c(F)c1F. The third kappa shape index (κ3) is 5.44. The van der Waals surface area contributed by atoms with Crippen LogP contribution in [-0.2, 0) is 17.8 Å². The molecule has 27 heavy (non-hydrogen) atoms. The predicted molar refractivity (Wildman–Crippen MR) is 92.9 cm³/mol. The van der Waals surface area contributed by atoms with Gasteiger partial charge in [0, 0.05) is 12.6 Å². The van der Waals surface area contributed by atoms with Gasteiger partial charge in [-0.05, 0) is 43.0 Å². The fourth-order valence-corrected chi connectivity index (χ4v) is 3.23. The second-order valence-electron chi connectivity index (χ2n) is 6.09. The van der Waals surface area contributed by atoms with Gasteiger partial charge in [-0.25, -0.2) is 27.3 Å². The summed E-state index contributed by atoms with van der Waals surface area (Å²) in [7, 11) is 0. The van der Waals surface area contributed by atoms with E-state index in [2.05, 4.69) is 0 Å². The Bertz CT molecular complexity index is 816. The average molecular weight is 402 g/mol. The van der Waals surface area contributed by atoms with Crippen molar-refractivity contribution in [2.45, 2.75) is 37.8 Å². The van der Waals surface area contributed by atoms with E-state index < -0.39 is 29.2 Å². The maximum atomic E-state index is 13.9. The second-order valence-corrected chi connectivity index (χ2v) is 7.18. The quantitative estimate of drug-likeness (QED) is 0.182. The van der Waals surface area contributed by atoms with E-state index in [1.165, 1.54) is 0 Å². The van der Waals surface area contributed by atoms with Gasteiger partial charge in [0.2, 0.25) is 5.91 Å². The monoisotopic (exact) mass is 402 g/mol. The highest BCUT2D eigenvalue weighted by atomic mass is 32.2. The predicted octanol–water partition coefficient (Wildman–Crippen LogP) is 4.21. The van der Waals surface area contributed by atoms with Crippen LogP contribution in [0.25, 0.3) is 0 Å². The zero-order chi connectivity index (χ0) is 20.1. The first-order valence-corrected chi connectivity index (χ1v) is 8.78. The summed E-state index contributed by atoms with van der Waals surface area (Å²) in [6.45, 7) is 3.96. The van der Waals surface area contributed by atoms with Gasteiger partial charge in [-0.15, -0.1) is 0 Å². The van der Waals surface area contributed by atoms with Crippen molar-refractivity contribution in [2.24, 2.45) is 0 Å². The van der Waals surface area contributed by atoms with Gasteiger partial charge in [0.1, 0.15) is 0 Å². The Labute approximate surface area is 158 Å². The summed E-state index contributed by atoms with van der Waals surface area (Å²) in [5.41, 5.74) is 3.04. The molecule has 2 aromatic rings. The van der Waals surface area contributed by atoms with Crippen molar-refractivity contribution < 1.29 is 27.6 Å². The molecule has 0 radical (unpaired) electrons. The summed E-state index contributed by atoms with van der Waals surface area (Å²) >= 11 is 0.788. The van der Waals surface area contributed by atoms with Crippen LogP contribution in [-0.4, -0.2) is 21.5 Å². The highest BCUT2D eigenvalue weighted by Gasteiger charge is 2.22. The number of benzene rings is 2. The van der Waals surface area contributed by atoms with Gasteiger partial charge in [0.25, 0.3) is 0 Å². The highest BCUT2D eigenvalue weighted by molar-refractivity contribution is 7.97. The summed E-state index contributed by atoms with van der Waals surface area (Å²) in [5, 5.41) is 8.53. The molecule has 4 nitrogen and oxygen atoms in total. The van der Waals surface area contributed by atoms with E-state index in [4.69, 9.17) is 5.21 Å². The lowest BCUT2D eigenvalue weighted by Crippen LogP contribution is -2.24. The summed E-state index contributed by atoms with van der Waals surface area (Å²) < 4.78 is 55.6. The molecule has 0 spiro atoms. The van der Waals surface area contributed by atoms with Crippen molar-refractivity contribution in [3.05, 3.63) is 64.7 Å². The van der Waals surface area contributed by atoms with Crippen molar-refractivity contribution in [3.63, 3.8) is 0 Å². The van der Waals surface area contributed by atoms with Crippen LogP contribution >= 0.6 is 11.9 Å². The topological polar surface area (TPSA) is 52.6 Å². The molecule has 1 amide bonds. The highest BCUT2D eigenvalue weighted by Crippen LogP contribution is 2.32. The lowest BCUT2D eigenvalue weighted by atomic mass is 10.1. The standard InChI is InChI=1S/C18H18F4N2O2S/c1-10(2)24(27-14-8-13(19)16(20)18(22)17(14)21)9-12-5-3-11(4-6-12)7-15(25)23-26/h3-6,8,10,26H,7,9H2,1-2H3,(H,23,25). The Morgan fingerprint density at radius 3 is 2.22 bits per heavy atom. The maximum Gasteiger partial charge on any atom is 0.247 e. The number of nitrogens with zero attached hydrogens (tertiary/aromatic N) is 1. The molecule has 0 unspecified atom stereocenters. The minimum Gasteiger partial charge on any atom is -0.289 e. The van der Waals surface area contributed by atoms with Crippen LogP contribution in [0.5, 0.6) is 0 Å². The van der Waals surface area contributed by atoms with Crippen molar-refractivity contribution in [1.82, 2.24) is 9.79 Å². The number of nitrogens with one attached hydrogen (secondary N) is 1. The molecule has 2 N–H and O–H groups in total. The van der Waals surface area contributed by atoms with Gasteiger partial charge in [-0.3, -0.25) is 10.0 Å². The molecule has 0 saturated heterocycles. The fourth-order valence-electron chi connectivity index (χ4n) is 2.23. The van der Waals surface area contributed by atoms with Crippen LogP contribution in [0, 0.1) is 23.3 Å². The molecule has 146 valence electrons. The zero-order valence-corrected chi connectivity index (χ0v) is 15.4. The molecule has 9 heteroatoms. The molecular weight excluding hydrogens is 384 g/mol. The molecule has 0 saturated carbocycles. The molecule has 0 bridgehead atoms. The van der Waals surface area contributed by atoms with E-state index in [1.54, 1.807) is 34.1 Å². The Balaban J connectivity index is 2.16. The average Bonchev–Trinajstić information content (AvgIpc) is 2.64. The van der Waals surface area contributed by atoms with E-state index in [-0.39, 0.29) is 17.4 Å². The molecule has 0 aliphatic heterocycles. The number of rotatable bonds is 7. The lowest BCUT2D eigenvalue weighted by molar-refractivity contribution is -0.128. The summed E-state index contributed by atoms with van der Waals surface area (Å²) in [6, 6.07) is 7.41. The van der Waals surface area contributed by atoms with Crippen LogP contribution < -0.4 is 5.48 Å². The van der Waals surface area contributed by atoms with Crippen LogP contribution in [0.1, 0.15) is 25.0 Å². The molecule has 0 atom stereocenters. The Morgan fingerprint density at radius 2 is 1.67 bits per heavy atom. The van der Waals surface area contributed by atoms with Crippen molar-refractivity contribution in [1.29, 1.82) is 0 Å². The van der Waals surface area contributed by atoms with Crippen LogP contribution in [0.3, 0.4) is 0 Å². The number of carbonyl (C=O) groups is 1. The van der Waals surface area contributed by atoms with Gasteiger partial charge in [0.05, 0.1) is 11.3 Å². The number of halogens is 4. The fraction of sp³-hybridized carbons (Fsp3) is 0.278. The largest absolute Gasteiger partial charge is 0.289 e. The molecule has 2 aromatic carbocycles. The summed E-state index contributed by atoms with van der Waals surface area (Å²) in [5.74, 6) is -7.11. The van der Waals surface area contributed by atoms with E-state index in [1.807, 2.05) is 13.8 Å². The summed E-state index contributed by atoms with van der Waals surface area (Å²) in [6.07, 6.45) is 0.0127. The van der Waals surface area contributed by atoms with Gasteiger partial charge < -0.3 is 0 Å². The molecule has 0 heterocycles. The smallest absolute Gasteiger partial charge is 0.247 e. The minimum atomic E-state index is -1.84. The number of hydrogen-bond donors (Lipinski definition) is 2. The first kappa shape index (κ1) is 21.2. The van der Waals surface area contributed by atoms with Crippen molar-refractivity contribution in [3.8, 4) is 0 Å². The molecule has 2 rings (SSSR count). The first-order valence-electron chi connectivity index (χ1n) is 8.01. The van der Waals surface area contributed by atoms with Gasteiger partial charge in [-0.1, -0.05) is 24.3 Å². The number of amides is 1. The lowest BCUT2D eigenvalue weighted by Gasteiger charge is -2.25. The van der Waals surface area contributed by atoms with Gasteiger partial charge >= 0.3 is 0 Å². The van der Waals surface area contributed by atoms with E-state index in [0.717, 1.165) is 17.5 Å². The third-order valence-electron chi connectivity index (χ3n) is 3.71. The van der Waals surface area contributed by atoms with Crippen LogP contribution in [0.4, 0.5) is 17.6 Å². The second kappa shape index (κ2) is 9.20.